The van der Waals surface area contributed by atoms with E-state index >= 15 is 0 Å². The van der Waals surface area contributed by atoms with Crippen molar-refractivity contribution in [2.45, 2.75) is 12.8 Å². The fraction of sp³-hybridized carbons (Fsp3) is 0.250. The normalized spacial score (nSPS) is 21.4. The van der Waals surface area contributed by atoms with Gasteiger partial charge in [-0.2, -0.15) is 4.85 Å². The van der Waals surface area contributed by atoms with Crippen LogP contribution in [0.3, 0.4) is 0 Å². The highest BCUT2D eigenvalue weighted by Gasteiger charge is 2.46. The van der Waals surface area contributed by atoms with Crippen molar-refractivity contribution in [3.05, 3.63) is 53.1 Å². The van der Waals surface area contributed by atoms with Crippen molar-refractivity contribution < 1.29 is 23.7 Å². The molecule has 1 aromatic rings. The van der Waals surface area contributed by atoms with E-state index in [1.165, 1.54) is 30.3 Å². The third kappa shape index (κ3) is 2.31. The summed E-state index contributed by atoms with van der Waals surface area (Å²) in [6.07, 6.45) is 3.14. The molecule has 1 heterocycles. The number of hydrogen-bond acceptors (Lipinski definition) is 2. The van der Waals surface area contributed by atoms with Crippen molar-refractivity contribution in [1.29, 1.82) is 0 Å². The van der Waals surface area contributed by atoms with Crippen molar-refractivity contribution in [2.24, 2.45) is 11.8 Å². The van der Waals surface area contributed by atoms with Gasteiger partial charge in [0.25, 0.3) is 0 Å². The number of amidine groups is 1. The van der Waals surface area contributed by atoms with Crippen molar-refractivity contribution in [3.63, 3.8) is 0 Å². The molecule has 5 nitrogen and oxygen atoms in total. The van der Waals surface area contributed by atoms with Gasteiger partial charge < -0.3 is 5.11 Å². The summed E-state index contributed by atoms with van der Waals surface area (Å²) in [6, 6.07) is 5.09. The minimum atomic E-state index is -1.31. The van der Waals surface area contributed by atoms with E-state index < -0.39 is 23.6 Å². The maximum Gasteiger partial charge on any atom is 0.431 e. The Morgan fingerprint density at radius 3 is 2.45 bits per heavy atom. The van der Waals surface area contributed by atoms with Crippen LogP contribution < -0.4 is 0 Å². The Hall–Kier alpha value is -2.81. The van der Waals surface area contributed by atoms with Crippen LogP contribution in [0.2, 0.25) is 0 Å². The SMILES string of the molecule is [C-]#[N+]C1=[N+](c2ccc(F)cc2)C(=O)C(C(=O)O)C=C1C1CC1. The number of carboxylic acids is 1. The second kappa shape index (κ2) is 5.19. The molecule has 110 valence electrons. The lowest BCUT2D eigenvalue weighted by Crippen LogP contribution is -2.37. The molecule has 0 spiro atoms. The van der Waals surface area contributed by atoms with Crippen LogP contribution in [0, 0.1) is 24.2 Å². The molecule has 2 aliphatic rings. The molecule has 6 heteroatoms. The first-order valence-electron chi connectivity index (χ1n) is 6.81. The quantitative estimate of drug-likeness (QED) is 0.529. The Morgan fingerprint density at radius 1 is 1.32 bits per heavy atom. The second-order valence-electron chi connectivity index (χ2n) is 5.30. The summed E-state index contributed by atoms with van der Waals surface area (Å²) in [6.45, 7) is 7.37. The zero-order valence-electron chi connectivity index (χ0n) is 11.5. The van der Waals surface area contributed by atoms with Gasteiger partial charge in [-0.15, -0.1) is 4.58 Å². The number of aliphatic carboxylic acids is 1. The first kappa shape index (κ1) is 14.1. The van der Waals surface area contributed by atoms with Crippen LogP contribution in [-0.4, -0.2) is 27.4 Å². The molecule has 1 unspecified atom stereocenters. The lowest BCUT2D eigenvalue weighted by atomic mass is 9.96. The minimum absolute atomic E-state index is 0.122. The van der Waals surface area contributed by atoms with Gasteiger partial charge in [0.2, 0.25) is 5.69 Å². The van der Waals surface area contributed by atoms with Gasteiger partial charge in [-0.05, 0) is 30.9 Å². The third-order valence-electron chi connectivity index (χ3n) is 3.78. The van der Waals surface area contributed by atoms with Gasteiger partial charge in [0.05, 0.1) is 0 Å². The fourth-order valence-corrected chi connectivity index (χ4v) is 2.54. The first-order chi connectivity index (χ1) is 10.5. The lowest BCUT2D eigenvalue weighted by molar-refractivity contribution is -0.370. The van der Waals surface area contributed by atoms with E-state index in [4.69, 9.17) is 6.57 Å². The molecule has 1 aromatic carbocycles. The smallest absolute Gasteiger partial charge is 0.431 e. The van der Waals surface area contributed by atoms with Gasteiger partial charge in [0.15, 0.2) is 5.92 Å². The predicted octanol–water partition coefficient (Wildman–Crippen LogP) is 2.36. The summed E-state index contributed by atoms with van der Waals surface area (Å²) < 4.78 is 14.2. The molecule has 0 aromatic heterocycles. The van der Waals surface area contributed by atoms with E-state index in [-0.39, 0.29) is 11.8 Å². The van der Waals surface area contributed by atoms with Crippen LogP contribution in [0.1, 0.15) is 12.8 Å². The molecule has 1 fully saturated rings. The number of amides is 1. The van der Waals surface area contributed by atoms with E-state index in [1.54, 1.807) is 0 Å². The Labute approximate surface area is 125 Å². The van der Waals surface area contributed by atoms with Gasteiger partial charge in [-0.25, -0.2) is 9.18 Å². The number of nitrogens with zero attached hydrogens (tertiary/aromatic N) is 2. The number of carbonyl (C=O) groups excluding carboxylic acids is 1. The average molecular weight is 299 g/mol. The largest absolute Gasteiger partial charge is 0.480 e. The summed E-state index contributed by atoms with van der Waals surface area (Å²) in [5, 5.41) is 9.26. The molecule has 1 aliphatic carbocycles. The van der Waals surface area contributed by atoms with Crippen LogP contribution in [0.4, 0.5) is 10.1 Å². The van der Waals surface area contributed by atoms with Gasteiger partial charge in [0.1, 0.15) is 12.4 Å². The van der Waals surface area contributed by atoms with Gasteiger partial charge in [-0.3, -0.25) is 4.79 Å². The van der Waals surface area contributed by atoms with E-state index in [0.717, 1.165) is 17.4 Å². The molecule has 1 aliphatic heterocycles. The van der Waals surface area contributed by atoms with Crippen LogP contribution in [0.25, 0.3) is 4.85 Å². The monoisotopic (exact) mass is 299 g/mol. The van der Waals surface area contributed by atoms with Crippen LogP contribution in [-0.2, 0) is 9.59 Å². The summed E-state index contributed by atoms with van der Waals surface area (Å²) in [5.41, 5.74) is 0.904. The molecule has 3 rings (SSSR count). The van der Waals surface area contributed by atoms with Gasteiger partial charge in [-0.1, -0.05) is 6.08 Å². The third-order valence-corrected chi connectivity index (χ3v) is 3.78. The summed E-state index contributed by atoms with van der Waals surface area (Å²) >= 11 is 0. The highest BCUT2D eigenvalue weighted by atomic mass is 19.1. The van der Waals surface area contributed by atoms with Crippen LogP contribution >= 0.6 is 0 Å². The van der Waals surface area contributed by atoms with E-state index in [2.05, 4.69) is 4.85 Å². The second-order valence-corrected chi connectivity index (χ2v) is 5.30. The number of carbonyl (C=O) groups is 2. The molecule has 0 bridgehead atoms. The molecular formula is C16H12FN2O3+. The standard InChI is InChI=1S/C16H11FN2O3/c1-18-14-12(9-2-3-9)8-13(16(21)22)15(20)19(14)11-6-4-10(17)5-7-11/h4-9,13H,2-3H2/p+1. The predicted molar refractivity (Wildman–Crippen MR) is 74.9 cm³/mol. The average Bonchev–Trinajstić information content (AvgIpc) is 3.32. The number of halogens is 1. The molecule has 1 atom stereocenters. The highest BCUT2D eigenvalue weighted by molar-refractivity contribution is 6.11. The first-order valence-corrected chi connectivity index (χ1v) is 6.81. The zero-order chi connectivity index (χ0) is 15.9. The summed E-state index contributed by atoms with van der Waals surface area (Å²) in [4.78, 5) is 27.2. The van der Waals surface area contributed by atoms with E-state index in [0.29, 0.717) is 11.3 Å². The number of benzene rings is 1. The Morgan fingerprint density at radius 2 is 1.95 bits per heavy atom. The summed E-state index contributed by atoms with van der Waals surface area (Å²) in [5.74, 6) is -3.48. The van der Waals surface area contributed by atoms with Crippen molar-refractivity contribution in [2.75, 3.05) is 0 Å². The Bertz CT molecular complexity index is 768. The fourth-order valence-electron chi connectivity index (χ4n) is 2.54. The number of hydrogen-bond donors (Lipinski definition) is 1. The zero-order valence-corrected chi connectivity index (χ0v) is 11.5. The highest BCUT2D eigenvalue weighted by Crippen LogP contribution is 2.40. The molecular weight excluding hydrogens is 287 g/mol. The Kier molecular flexibility index (Phi) is 3.33. The number of carboxylic acid groups (broad SMARTS) is 1. The van der Waals surface area contributed by atoms with E-state index in [1.807, 2.05) is 0 Å². The van der Waals surface area contributed by atoms with Crippen LogP contribution in [0.15, 0.2) is 35.9 Å². The topological polar surface area (TPSA) is 61.7 Å². The van der Waals surface area contributed by atoms with E-state index in [9.17, 15) is 19.1 Å². The maximum atomic E-state index is 13.1. The molecule has 1 N–H and O–H groups in total. The molecule has 0 saturated heterocycles. The van der Waals surface area contributed by atoms with Crippen LogP contribution in [0.5, 0.6) is 0 Å². The Balaban J connectivity index is 2.19. The van der Waals surface area contributed by atoms with Gasteiger partial charge >= 0.3 is 17.7 Å². The van der Waals surface area contributed by atoms with Crippen molar-refractivity contribution >= 4 is 23.4 Å². The minimum Gasteiger partial charge on any atom is -0.480 e. The van der Waals surface area contributed by atoms with Crippen molar-refractivity contribution in [3.8, 4) is 0 Å². The lowest BCUT2D eigenvalue weighted by Gasteiger charge is -2.14. The molecule has 1 amide bonds. The molecule has 1 saturated carbocycles. The molecule has 0 radical (unpaired) electrons. The summed E-state index contributed by atoms with van der Waals surface area (Å²) in [7, 11) is 0. The van der Waals surface area contributed by atoms with Gasteiger partial charge in [0, 0.05) is 17.7 Å². The maximum absolute atomic E-state index is 13.1. The van der Waals surface area contributed by atoms with Crippen molar-refractivity contribution in [1.82, 2.24) is 0 Å². The molecule has 22 heavy (non-hydrogen) atoms. The number of rotatable bonds is 3.